The molecule has 0 atom stereocenters. The first-order valence-corrected chi connectivity index (χ1v) is 4.32. The van der Waals surface area contributed by atoms with E-state index < -0.39 is 0 Å². The second-order valence-electron chi connectivity index (χ2n) is 1.70. The first-order chi connectivity index (χ1) is 4.91. The SMILES string of the molecule is CN(C)C(=S)[S-].CNC(=S)[S-].[Zn+2]. The van der Waals surface area contributed by atoms with E-state index in [0.29, 0.717) is 8.64 Å². The van der Waals surface area contributed by atoms with Crippen molar-refractivity contribution in [1.82, 2.24) is 10.2 Å². The van der Waals surface area contributed by atoms with Gasteiger partial charge in [0.15, 0.2) is 0 Å². The molecule has 0 aromatic carbocycles. The maximum absolute atomic E-state index is 4.56. The van der Waals surface area contributed by atoms with Crippen LogP contribution >= 0.6 is 24.4 Å². The van der Waals surface area contributed by atoms with Crippen LogP contribution in [0.25, 0.3) is 0 Å². The summed E-state index contributed by atoms with van der Waals surface area (Å²) in [5.74, 6) is 0. The van der Waals surface area contributed by atoms with Crippen LogP contribution in [0.1, 0.15) is 0 Å². The fourth-order valence-corrected chi connectivity index (χ4v) is 0. The average molecular weight is 292 g/mol. The fourth-order valence-electron chi connectivity index (χ4n) is 0. The largest absolute Gasteiger partial charge is 2.00 e. The molecule has 2 nitrogen and oxygen atoms in total. The minimum absolute atomic E-state index is 0. The summed E-state index contributed by atoms with van der Waals surface area (Å²) in [6.45, 7) is 0. The summed E-state index contributed by atoms with van der Waals surface area (Å²) in [4.78, 5) is 1.71. The van der Waals surface area contributed by atoms with Crippen LogP contribution in [-0.4, -0.2) is 34.7 Å². The zero-order valence-electron chi connectivity index (χ0n) is 7.29. The molecule has 1 N–H and O–H groups in total. The van der Waals surface area contributed by atoms with Gasteiger partial charge >= 0.3 is 19.5 Å². The number of thiocarbonyl (C=S) groups is 2. The summed E-state index contributed by atoms with van der Waals surface area (Å²) in [5, 5.41) is 2.57. The maximum atomic E-state index is 4.56. The number of nitrogens with zero attached hydrogens (tertiary/aromatic N) is 1. The molecule has 0 rings (SSSR count). The van der Waals surface area contributed by atoms with Crippen molar-refractivity contribution in [3.8, 4) is 0 Å². The van der Waals surface area contributed by atoms with Crippen molar-refractivity contribution in [1.29, 1.82) is 0 Å². The van der Waals surface area contributed by atoms with E-state index in [-0.39, 0.29) is 19.5 Å². The molecule has 12 heavy (non-hydrogen) atoms. The van der Waals surface area contributed by atoms with Gasteiger partial charge in [0.2, 0.25) is 0 Å². The Morgan fingerprint density at radius 3 is 1.42 bits per heavy atom. The molecule has 0 aromatic heterocycles. The van der Waals surface area contributed by atoms with E-state index in [1.807, 2.05) is 14.1 Å². The number of rotatable bonds is 0. The van der Waals surface area contributed by atoms with E-state index >= 15 is 0 Å². The van der Waals surface area contributed by atoms with Crippen molar-refractivity contribution >= 4 is 58.3 Å². The van der Waals surface area contributed by atoms with Crippen molar-refractivity contribution in [2.24, 2.45) is 0 Å². The molecule has 0 aromatic rings. The van der Waals surface area contributed by atoms with Crippen LogP contribution in [-0.2, 0) is 44.7 Å². The Kier molecular flexibility index (Phi) is 18.4. The van der Waals surface area contributed by atoms with Crippen molar-refractivity contribution in [3.63, 3.8) is 0 Å². The Morgan fingerprint density at radius 2 is 1.42 bits per heavy atom. The summed E-state index contributed by atoms with van der Waals surface area (Å²) in [7, 11) is 5.36. The maximum Gasteiger partial charge on any atom is 2.00 e. The van der Waals surface area contributed by atoms with Gasteiger partial charge in [-0.2, -0.15) is 0 Å². The Bertz CT molecular complexity index is 139. The van der Waals surface area contributed by atoms with Crippen molar-refractivity contribution in [2.75, 3.05) is 21.1 Å². The molecule has 0 unspecified atom stereocenters. The summed E-state index contributed by atoms with van der Waals surface area (Å²) in [5.41, 5.74) is 0. The first kappa shape index (κ1) is 18.6. The number of hydrogen-bond donors (Lipinski definition) is 1. The minimum atomic E-state index is 0. The Labute approximate surface area is 108 Å². The predicted molar refractivity (Wildman–Crippen MR) is 62.7 cm³/mol. The molecule has 0 fully saturated rings. The second kappa shape index (κ2) is 11.8. The molecule has 0 aliphatic carbocycles. The van der Waals surface area contributed by atoms with Crippen LogP contribution in [0.3, 0.4) is 0 Å². The Morgan fingerprint density at radius 1 is 1.25 bits per heavy atom. The van der Waals surface area contributed by atoms with Gasteiger partial charge in [0.1, 0.15) is 0 Å². The van der Waals surface area contributed by atoms with Gasteiger partial charge in [-0.15, -0.1) is 0 Å². The van der Waals surface area contributed by atoms with E-state index in [1.165, 1.54) is 0 Å². The molecule has 66 valence electrons. The smallest absolute Gasteiger partial charge is 0.412 e. The Balaban J connectivity index is -0.000000126. The van der Waals surface area contributed by atoms with Crippen LogP contribution in [0.2, 0.25) is 0 Å². The van der Waals surface area contributed by atoms with Gasteiger partial charge in [0.05, 0.1) is 0 Å². The van der Waals surface area contributed by atoms with Crippen LogP contribution in [0.5, 0.6) is 0 Å². The Hall–Kier alpha value is 0.843. The van der Waals surface area contributed by atoms with E-state index in [9.17, 15) is 0 Å². The van der Waals surface area contributed by atoms with Crippen molar-refractivity contribution in [3.05, 3.63) is 0 Å². The monoisotopic (exact) mass is 290 g/mol. The molecule has 7 heteroatoms. The van der Waals surface area contributed by atoms with Crippen molar-refractivity contribution in [2.45, 2.75) is 0 Å². The van der Waals surface area contributed by atoms with Gasteiger partial charge in [-0.1, -0.05) is 8.64 Å². The molecule has 0 spiro atoms. The van der Waals surface area contributed by atoms with Gasteiger partial charge in [0, 0.05) is 21.1 Å². The molecule has 0 heterocycles. The van der Waals surface area contributed by atoms with Gasteiger partial charge in [0.25, 0.3) is 0 Å². The molecule has 0 saturated heterocycles. The molecule has 0 amide bonds. The molecule has 0 saturated carbocycles. The molecular weight excluding hydrogens is 282 g/mol. The third-order valence-corrected chi connectivity index (χ3v) is 1.71. The summed E-state index contributed by atoms with van der Waals surface area (Å²) >= 11 is 17.9. The van der Waals surface area contributed by atoms with E-state index in [0.717, 1.165) is 0 Å². The standard InChI is InChI=1S/C3H7NS2.C2H5NS2.Zn/c1-4(2)3(5)6;1-3-2(4)5;/h1-2H3,(H,5,6);1H3,(H2,3,4,5);/q;;+2/p-2. The minimum Gasteiger partial charge on any atom is -0.412 e. The molecule has 0 radical (unpaired) electrons. The van der Waals surface area contributed by atoms with E-state index in [4.69, 9.17) is 0 Å². The van der Waals surface area contributed by atoms with Crippen molar-refractivity contribution < 1.29 is 19.5 Å². The zero-order valence-corrected chi connectivity index (χ0v) is 13.5. The number of hydrogen-bond acceptors (Lipinski definition) is 4. The third-order valence-electron chi connectivity index (χ3n) is 0.569. The molecular formula is C5H10N2S4Zn. The van der Waals surface area contributed by atoms with Gasteiger partial charge in [-0.25, -0.2) is 0 Å². The summed E-state index contributed by atoms with van der Waals surface area (Å²) < 4.78 is 0.931. The van der Waals surface area contributed by atoms with Gasteiger partial charge in [-0.3, -0.25) is 0 Å². The first-order valence-electron chi connectivity index (χ1n) is 2.68. The van der Waals surface area contributed by atoms with Crippen LogP contribution in [0.15, 0.2) is 0 Å². The topological polar surface area (TPSA) is 15.3 Å². The number of nitrogens with one attached hydrogen (secondary N) is 1. The zero-order chi connectivity index (χ0) is 9.44. The predicted octanol–water partition coefficient (Wildman–Crippen LogP) is 0.415. The fraction of sp³-hybridized carbons (Fsp3) is 0.600. The average Bonchev–Trinajstić information content (AvgIpc) is 1.89. The quantitative estimate of drug-likeness (QED) is 0.392. The van der Waals surface area contributed by atoms with Gasteiger partial charge in [-0.05, 0) is 0 Å². The van der Waals surface area contributed by atoms with E-state index in [2.05, 4.69) is 55.0 Å². The third kappa shape index (κ3) is 22.4. The second-order valence-corrected chi connectivity index (χ2v) is 3.80. The van der Waals surface area contributed by atoms with Crippen LogP contribution in [0, 0.1) is 0 Å². The summed E-state index contributed by atoms with van der Waals surface area (Å²) in [6, 6.07) is 0. The molecule has 0 aliphatic heterocycles. The van der Waals surface area contributed by atoms with Crippen LogP contribution < -0.4 is 5.32 Å². The normalized spacial score (nSPS) is 6.58. The molecule has 0 bridgehead atoms. The van der Waals surface area contributed by atoms with Crippen LogP contribution in [0.4, 0.5) is 0 Å². The summed E-state index contributed by atoms with van der Waals surface area (Å²) in [6.07, 6.45) is 0. The molecule has 0 aliphatic rings. The van der Waals surface area contributed by atoms with Gasteiger partial charge < -0.3 is 59.9 Å². The van der Waals surface area contributed by atoms with E-state index in [1.54, 1.807) is 11.9 Å².